The van der Waals surface area contributed by atoms with Gasteiger partial charge in [0.25, 0.3) is 0 Å². The minimum absolute atomic E-state index is 0.104. The number of phosphoric acid groups is 2. The molecule has 0 aliphatic rings. The van der Waals surface area contributed by atoms with E-state index >= 15 is 0 Å². The first-order valence-electron chi connectivity index (χ1n) is 33.9. The third-order valence-electron chi connectivity index (χ3n) is 15.6. The summed E-state index contributed by atoms with van der Waals surface area (Å²) in [6, 6.07) is 0. The molecule has 0 bridgehead atoms. The lowest BCUT2D eigenvalue weighted by molar-refractivity contribution is -0.161. The largest absolute Gasteiger partial charge is 0.472 e. The number of aliphatic hydroxyl groups excluding tert-OH is 1. The molecule has 0 fully saturated rings. The molecule has 84 heavy (non-hydrogen) atoms. The summed E-state index contributed by atoms with van der Waals surface area (Å²) in [4.78, 5) is 72.3. The van der Waals surface area contributed by atoms with Crippen LogP contribution in [-0.2, 0) is 65.4 Å². The number of aliphatic hydroxyl groups is 1. The molecule has 498 valence electrons. The van der Waals surface area contributed by atoms with Crippen LogP contribution in [0, 0.1) is 17.8 Å². The molecule has 19 heteroatoms. The number of hydrogen-bond acceptors (Lipinski definition) is 15. The van der Waals surface area contributed by atoms with E-state index in [1.54, 1.807) is 0 Å². The molecule has 0 aliphatic carbocycles. The Kier molecular flexibility index (Phi) is 55.0. The minimum Gasteiger partial charge on any atom is -0.462 e. The fourth-order valence-electron chi connectivity index (χ4n) is 9.59. The van der Waals surface area contributed by atoms with Crippen molar-refractivity contribution in [2.75, 3.05) is 39.6 Å². The van der Waals surface area contributed by atoms with Crippen molar-refractivity contribution in [3.63, 3.8) is 0 Å². The van der Waals surface area contributed by atoms with Crippen molar-refractivity contribution in [2.45, 2.75) is 336 Å². The Morgan fingerprint density at radius 2 is 0.607 bits per heavy atom. The lowest BCUT2D eigenvalue weighted by Gasteiger charge is -2.21. The molecular weight excluding hydrogens is 1110 g/mol. The predicted molar refractivity (Wildman–Crippen MR) is 335 cm³/mol. The van der Waals surface area contributed by atoms with Crippen LogP contribution in [0.15, 0.2) is 0 Å². The van der Waals surface area contributed by atoms with Crippen molar-refractivity contribution in [3.05, 3.63) is 0 Å². The monoisotopic (exact) mass is 1240 g/mol. The van der Waals surface area contributed by atoms with Crippen LogP contribution >= 0.6 is 15.6 Å². The van der Waals surface area contributed by atoms with Crippen molar-refractivity contribution in [3.8, 4) is 0 Å². The molecule has 17 nitrogen and oxygen atoms in total. The number of ether oxygens (including phenoxy) is 4. The number of unbranched alkanes of at least 4 members (excludes halogenated alkanes) is 29. The molecule has 0 aliphatic heterocycles. The van der Waals surface area contributed by atoms with Gasteiger partial charge in [-0.15, -0.1) is 0 Å². The summed E-state index contributed by atoms with van der Waals surface area (Å²) in [5, 5.41) is 10.5. The first kappa shape index (κ1) is 82.1. The Balaban J connectivity index is 5.26. The molecule has 0 aromatic carbocycles. The van der Waals surface area contributed by atoms with Crippen LogP contribution in [0.5, 0.6) is 0 Å². The molecule has 0 aromatic heterocycles. The van der Waals surface area contributed by atoms with Gasteiger partial charge in [-0.05, 0) is 43.4 Å². The molecular formula is C65H126O17P2. The van der Waals surface area contributed by atoms with Crippen molar-refractivity contribution in [1.29, 1.82) is 0 Å². The van der Waals surface area contributed by atoms with E-state index in [4.69, 9.17) is 37.0 Å². The van der Waals surface area contributed by atoms with Gasteiger partial charge in [0.1, 0.15) is 19.3 Å². The summed E-state index contributed by atoms with van der Waals surface area (Å²) < 4.78 is 68.0. The molecule has 7 atom stereocenters. The van der Waals surface area contributed by atoms with Gasteiger partial charge in [0.05, 0.1) is 26.4 Å². The first-order chi connectivity index (χ1) is 40.3. The van der Waals surface area contributed by atoms with Crippen LogP contribution in [0.3, 0.4) is 0 Å². The second-order valence-electron chi connectivity index (χ2n) is 24.5. The number of phosphoric ester groups is 2. The van der Waals surface area contributed by atoms with Gasteiger partial charge in [-0.3, -0.25) is 37.3 Å². The zero-order chi connectivity index (χ0) is 62.4. The summed E-state index contributed by atoms with van der Waals surface area (Å²) in [5.74, 6) is 0.0904. The lowest BCUT2D eigenvalue weighted by Crippen LogP contribution is -2.30. The van der Waals surface area contributed by atoms with Crippen LogP contribution in [0.25, 0.3) is 0 Å². The molecule has 3 N–H and O–H groups in total. The highest BCUT2D eigenvalue weighted by Gasteiger charge is 2.30. The maximum atomic E-state index is 13.0. The molecule has 0 spiro atoms. The smallest absolute Gasteiger partial charge is 0.462 e. The van der Waals surface area contributed by atoms with Crippen LogP contribution in [0.2, 0.25) is 0 Å². The van der Waals surface area contributed by atoms with Crippen LogP contribution in [-0.4, -0.2) is 96.7 Å². The molecule has 0 saturated carbocycles. The van der Waals surface area contributed by atoms with E-state index in [1.807, 2.05) is 0 Å². The van der Waals surface area contributed by atoms with E-state index in [0.29, 0.717) is 31.6 Å². The maximum absolute atomic E-state index is 13.0. The van der Waals surface area contributed by atoms with E-state index in [-0.39, 0.29) is 25.7 Å². The van der Waals surface area contributed by atoms with E-state index in [9.17, 15) is 43.2 Å². The number of esters is 4. The normalized spacial score (nSPS) is 15.0. The number of carbonyl (C=O) groups excluding carboxylic acids is 4. The Morgan fingerprint density at radius 1 is 0.345 bits per heavy atom. The van der Waals surface area contributed by atoms with E-state index in [2.05, 4.69) is 48.5 Å². The first-order valence-corrected chi connectivity index (χ1v) is 36.9. The van der Waals surface area contributed by atoms with Gasteiger partial charge in [-0.1, -0.05) is 267 Å². The second kappa shape index (κ2) is 56.3. The molecule has 0 radical (unpaired) electrons. The Hall–Kier alpha value is -1.94. The zero-order valence-electron chi connectivity index (χ0n) is 54.4. The third kappa shape index (κ3) is 56.6. The molecule has 0 heterocycles. The Morgan fingerprint density at radius 3 is 0.905 bits per heavy atom. The van der Waals surface area contributed by atoms with Gasteiger partial charge in [0.2, 0.25) is 0 Å². The highest BCUT2D eigenvalue weighted by atomic mass is 31.2. The SMILES string of the molecule is CCCCCCCCCCCCCC(=O)O[C@H](COC(=O)CCCCCCCCC(C)C)COP(=O)(O)OC[C@H](O)COP(=O)(O)OC[C@@H](COC(=O)CCCCCCCCCCC(C)CC)OC(=O)CCCCCCCCCCC(C)CC. The summed E-state index contributed by atoms with van der Waals surface area (Å²) >= 11 is 0. The average Bonchev–Trinajstić information content (AvgIpc) is 3.59. The highest BCUT2D eigenvalue weighted by molar-refractivity contribution is 7.47. The lowest BCUT2D eigenvalue weighted by atomic mass is 9.99. The van der Waals surface area contributed by atoms with Gasteiger partial charge in [-0.25, -0.2) is 9.13 Å². The van der Waals surface area contributed by atoms with Gasteiger partial charge in [0.15, 0.2) is 12.2 Å². The van der Waals surface area contributed by atoms with Gasteiger partial charge >= 0.3 is 39.5 Å². The topological polar surface area (TPSA) is 237 Å². The van der Waals surface area contributed by atoms with Gasteiger partial charge in [-0.2, -0.15) is 0 Å². The maximum Gasteiger partial charge on any atom is 0.472 e. The van der Waals surface area contributed by atoms with Crippen LogP contribution in [0.4, 0.5) is 0 Å². The molecule has 0 rings (SSSR count). The summed E-state index contributed by atoms with van der Waals surface area (Å²) in [6.45, 7) is 11.7. The van der Waals surface area contributed by atoms with Crippen LogP contribution < -0.4 is 0 Å². The van der Waals surface area contributed by atoms with Crippen molar-refractivity contribution >= 4 is 39.5 Å². The molecule has 0 saturated heterocycles. The Bertz CT molecular complexity index is 1670. The zero-order valence-corrected chi connectivity index (χ0v) is 56.1. The summed E-state index contributed by atoms with van der Waals surface area (Å²) in [7, 11) is -9.89. The third-order valence-corrected chi connectivity index (χ3v) is 17.5. The van der Waals surface area contributed by atoms with Gasteiger partial charge in [0, 0.05) is 25.7 Å². The number of rotatable bonds is 63. The van der Waals surface area contributed by atoms with Gasteiger partial charge < -0.3 is 33.8 Å². The quantitative estimate of drug-likeness (QED) is 0.0222. The van der Waals surface area contributed by atoms with Crippen LogP contribution in [0.1, 0.15) is 318 Å². The Labute approximate surface area is 511 Å². The highest BCUT2D eigenvalue weighted by Crippen LogP contribution is 2.45. The molecule has 4 unspecified atom stereocenters. The van der Waals surface area contributed by atoms with E-state index in [1.165, 1.54) is 122 Å². The molecule has 0 amide bonds. The summed E-state index contributed by atoms with van der Waals surface area (Å²) in [6.07, 6.45) is 37.5. The minimum atomic E-state index is -4.95. The fourth-order valence-corrected chi connectivity index (χ4v) is 11.2. The van der Waals surface area contributed by atoms with E-state index < -0.39 is 97.5 Å². The standard InChI is InChI=1S/C65H126O17P2/c1-8-11-12-13-14-15-16-17-25-34-41-48-64(69)81-61(53-76-63(68)47-40-33-28-27-29-36-43-56(4)5)55-80-84(73,74)78-51-59(66)50-77-83(71,72)79-54-60(82-65(70)49-42-35-26-21-19-23-31-38-45-58(7)10-3)52-75-62(67)46-39-32-24-20-18-22-30-37-44-57(6)9-2/h56-61,66H,8-55H2,1-7H3,(H,71,72)(H,73,74)/t57?,58?,59-,60-,61-/m1/s1. The van der Waals surface area contributed by atoms with Crippen molar-refractivity contribution in [1.82, 2.24) is 0 Å². The van der Waals surface area contributed by atoms with Crippen molar-refractivity contribution in [2.24, 2.45) is 17.8 Å². The van der Waals surface area contributed by atoms with E-state index in [0.717, 1.165) is 108 Å². The second-order valence-corrected chi connectivity index (χ2v) is 27.4. The summed E-state index contributed by atoms with van der Waals surface area (Å²) in [5.41, 5.74) is 0. The predicted octanol–water partition coefficient (Wildman–Crippen LogP) is 17.9. The molecule has 0 aromatic rings. The average molecular weight is 1240 g/mol. The number of hydrogen-bond donors (Lipinski definition) is 3. The fraction of sp³-hybridized carbons (Fsp3) is 0.938. The number of carbonyl (C=O) groups is 4. The van der Waals surface area contributed by atoms with Crippen molar-refractivity contribution < 1.29 is 80.2 Å².